The van der Waals surface area contributed by atoms with Gasteiger partial charge in [-0.15, -0.1) is 0 Å². The fraction of sp³-hybridized carbons (Fsp3) is 0.946. The molecule has 0 saturated carbocycles. The zero-order valence-electron chi connectivity index (χ0n) is 42.5. The Morgan fingerprint density at radius 1 is 0.306 bits per heavy atom. The van der Waals surface area contributed by atoms with Gasteiger partial charge in [-0.05, 0) is 31.1 Å². The van der Waals surface area contributed by atoms with Crippen LogP contribution in [0.4, 0.5) is 0 Å². The molecule has 6 heteroatoms. The standard InChI is InChI=1S/C56H108O6/c1-6-7-8-9-10-11-12-13-19-22-25-31-36-41-46-54(57)60-49-53(62-56(59)48-43-38-33-28-27-30-35-40-45-52(4)5)50-61-55(58)47-42-37-32-26-23-20-17-15-14-16-18-21-24-29-34-39-44-51(2)3/h51-53H,6-50H2,1-5H3/t53-/m1/s1. The van der Waals surface area contributed by atoms with Crippen molar-refractivity contribution in [2.24, 2.45) is 11.8 Å². The highest BCUT2D eigenvalue weighted by molar-refractivity contribution is 5.71. The van der Waals surface area contributed by atoms with E-state index in [2.05, 4.69) is 34.6 Å². The van der Waals surface area contributed by atoms with Crippen LogP contribution in [0.5, 0.6) is 0 Å². The van der Waals surface area contributed by atoms with Crippen molar-refractivity contribution in [1.29, 1.82) is 0 Å². The van der Waals surface area contributed by atoms with Crippen molar-refractivity contribution in [3.05, 3.63) is 0 Å². The van der Waals surface area contributed by atoms with Crippen molar-refractivity contribution in [3.63, 3.8) is 0 Å². The highest BCUT2D eigenvalue weighted by Crippen LogP contribution is 2.18. The van der Waals surface area contributed by atoms with Gasteiger partial charge >= 0.3 is 17.9 Å². The van der Waals surface area contributed by atoms with Gasteiger partial charge in [-0.25, -0.2) is 0 Å². The molecule has 0 aromatic carbocycles. The van der Waals surface area contributed by atoms with Gasteiger partial charge in [0.05, 0.1) is 0 Å². The van der Waals surface area contributed by atoms with E-state index in [1.165, 1.54) is 199 Å². The van der Waals surface area contributed by atoms with Crippen LogP contribution in [-0.4, -0.2) is 37.2 Å². The molecule has 0 heterocycles. The lowest BCUT2D eigenvalue weighted by atomic mass is 10.0. The van der Waals surface area contributed by atoms with Crippen molar-refractivity contribution >= 4 is 17.9 Å². The Morgan fingerprint density at radius 3 is 0.790 bits per heavy atom. The SMILES string of the molecule is CCCCCCCCCCCCCCCCC(=O)OC[C@H](COC(=O)CCCCCCCCCCCCCCCCCCC(C)C)OC(=O)CCCCCCCCCCC(C)C. The van der Waals surface area contributed by atoms with Crippen molar-refractivity contribution in [2.45, 2.75) is 317 Å². The smallest absolute Gasteiger partial charge is 0.306 e. The quantitative estimate of drug-likeness (QED) is 0.0344. The summed E-state index contributed by atoms with van der Waals surface area (Å²) in [6.07, 6.45) is 51.0. The third-order valence-corrected chi connectivity index (χ3v) is 12.7. The first-order chi connectivity index (χ1) is 30.2. The molecule has 62 heavy (non-hydrogen) atoms. The lowest BCUT2D eigenvalue weighted by Gasteiger charge is -2.18. The number of hydrogen-bond donors (Lipinski definition) is 0. The molecule has 0 amide bonds. The molecule has 0 radical (unpaired) electrons. The summed E-state index contributed by atoms with van der Waals surface area (Å²) in [5, 5.41) is 0. The molecule has 0 aliphatic carbocycles. The van der Waals surface area contributed by atoms with E-state index in [-0.39, 0.29) is 31.1 Å². The van der Waals surface area contributed by atoms with Crippen LogP contribution < -0.4 is 0 Å². The van der Waals surface area contributed by atoms with Crippen LogP contribution in [0.15, 0.2) is 0 Å². The van der Waals surface area contributed by atoms with E-state index in [0.29, 0.717) is 19.3 Å². The van der Waals surface area contributed by atoms with E-state index in [1.807, 2.05) is 0 Å². The Balaban J connectivity index is 4.24. The minimum Gasteiger partial charge on any atom is -0.462 e. The molecule has 1 atom stereocenters. The maximum absolute atomic E-state index is 12.8. The molecule has 6 nitrogen and oxygen atoms in total. The van der Waals surface area contributed by atoms with Gasteiger partial charge in [0.25, 0.3) is 0 Å². The summed E-state index contributed by atoms with van der Waals surface area (Å²) in [4.78, 5) is 38.0. The van der Waals surface area contributed by atoms with Crippen LogP contribution in [0.25, 0.3) is 0 Å². The number of rotatable bonds is 50. The Kier molecular flexibility index (Phi) is 47.6. The lowest BCUT2D eigenvalue weighted by molar-refractivity contribution is -0.167. The van der Waals surface area contributed by atoms with Crippen molar-refractivity contribution in [1.82, 2.24) is 0 Å². The average molecular weight is 877 g/mol. The number of hydrogen-bond acceptors (Lipinski definition) is 6. The lowest BCUT2D eigenvalue weighted by Crippen LogP contribution is -2.30. The monoisotopic (exact) mass is 877 g/mol. The predicted molar refractivity (Wildman–Crippen MR) is 266 cm³/mol. The molecule has 0 aromatic rings. The molecule has 0 unspecified atom stereocenters. The minimum atomic E-state index is -0.762. The number of unbranched alkanes of at least 4 members (excludes halogenated alkanes) is 35. The third-order valence-electron chi connectivity index (χ3n) is 12.7. The topological polar surface area (TPSA) is 78.9 Å². The zero-order chi connectivity index (χ0) is 45.4. The van der Waals surface area contributed by atoms with E-state index >= 15 is 0 Å². The maximum Gasteiger partial charge on any atom is 0.306 e. The first-order valence-corrected chi connectivity index (χ1v) is 27.7. The van der Waals surface area contributed by atoms with Gasteiger partial charge in [0.2, 0.25) is 0 Å². The molecular weight excluding hydrogens is 769 g/mol. The minimum absolute atomic E-state index is 0.0635. The second-order valence-electron chi connectivity index (χ2n) is 20.2. The van der Waals surface area contributed by atoms with Gasteiger partial charge in [-0.2, -0.15) is 0 Å². The largest absolute Gasteiger partial charge is 0.462 e. The summed E-state index contributed by atoms with van der Waals surface area (Å²) in [6.45, 7) is 11.4. The van der Waals surface area contributed by atoms with Gasteiger partial charge in [0.1, 0.15) is 13.2 Å². The van der Waals surface area contributed by atoms with E-state index in [1.54, 1.807) is 0 Å². The highest BCUT2D eigenvalue weighted by Gasteiger charge is 2.19. The molecule has 0 aliphatic heterocycles. The van der Waals surface area contributed by atoms with Crippen LogP contribution in [0, 0.1) is 11.8 Å². The third kappa shape index (κ3) is 49.4. The summed E-state index contributed by atoms with van der Waals surface area (Å²) in [5.41, 5.74) is 0. The molecule has 0 bridgehead atoms. The number of carbonyl (C=O) groups excluding carboxylic acids is 3. The van der Waals surface area contributed by atoms with E-state index in [9.17, 15) is 14.4 Å². The van der Waals surface area contributed by atoms with Gasteiger partial charge in [0, 0.05) is 19.3 Å². The molecule has 0 aliphatic rings. The molecule has 368 valence electrons. The van der Waals surface area contributed by atoms with Crippen LogP contribution in [0.3, 0.4) is 0 Å². The van der Waals surface area contributed by atoms with E-state index < -0.39 is 6.10 Å². The predicted octanol–water partition coefficient (Wildman–Crippen LogP) is 18.1. The summed E-state index contributed by atoms with van der Waals surface area (Å²) >= 11 is 0. The first kappa shape index (κ1) is 60.4. The number of carbonyl (C=O) groups is 3. The van der Waals surface area contributed by atoms with Gasteiger partial charge < -0.3 is 14.2 Å². The van der Waals surface area contributed by atoms with E-state index in [4.69, 9.17) is 14.2 Å². The summed E-state index contributed by atoms with van der Waals surface area (Å²) < 4.78 is 16.8. The molecule has 0 spiro atoms. The second kappa shape index (κ2) is 48.9. The molecule has 0 rings (SSSR count). The fourth-order valence-corrected chi connectivity index (χ4v) is 8.52. The fourth-order valence-electron chi connectivity index (χ4n) is 8.52. The van der Waals surface area contributed by atoms with Crippen molar-refractivity contribution in [3.8, 4) is 0 Å². The highest BCUT2D eigenvalue weighted by atomic mass is 16.6. The number of esters is 3. The zero-order valence-corrected chi connectivity index (χ0v) is 42.5. The van der Waals surface area contributed by atoms with Crippen LogP contribution in [-0.2, 0) is 28.6 Å². The first-order valence-electron chi connectivity index (χ1n) is 27.7. The Labute approximate surface area is 387 Å². The van der Waals surface area contributed by atoms with Crippen LogP contribution in [0.1, 0.15) is 311 Å². The molecule has 0 N–H and O–H groups in total. The van der Waals surface area contributed by atoms with Crippen LogP contribution in [0.2, 0.25) is 0 Å². The molecular formula is C56H108O6. The van der Waals surface area contributed by atoms with E-state index in [0.717, 1.165) is 69.6 Å². The van der Waals surface area contributed by atoms with Crippen molar-refractivity contribution in [2.75, 3.05) is 13.2 Å². The van der Waals surface area contributed by atoms with Crippen molar-refractivity contribution < 1.29 is 28.6 Å². The number of ether oxygens (including phenoxy) is 3. The van der Waals surface area contributed by atoms with Gasteiger partial charge in [-0.1, -0.05) is 272 Å². The van der Waals surface area contributed by atoms with Gasteiger partial charge in [0.15, 0.2) is 6.10 Å². The average Bonchev–Trinajstić information content (AvgIpc) is 3.24. The Morgan fingerprint density at radius 2 is 0.532 bits per heavy atom. The molecule has 0 saturated heterocycles. The summed E-state index contributed by atoms with van der Waals surface area (Å²) in [7, 11) is 0. The second-order valence-corrected chi connectivity index (χ2v) is 20.2. The maximum atomic E-state index is 12.8. The normalized spacial score (nSPS) is 12.0. The summed E-state index contributed by atoms with van der Waals surface area (Å²) in [6, 6.07) is 0. The Hall–Kier alpha value is -1.59. The Bertz CT molecular complexity index is 947. The summed E-state index contributed by atoms with van der Waals surface area (Å²) in [5.74, 6) is 0.801. The van der Waals surface area contributed by atoms with Gasteiger partial charge in [-0.3, -0.25) is 14.4 Å². The van der Waals surface area contributed by atoms with Crippen LogP contribution >= 0.6 is 0 Å². The molecule has 0 aromatic heterocycles. The molecule has 0 fully saturated rings.